The van der Waals surface area contributed by atoms with Crippen molar-refractivity contribution in [1.82, 2.24) is 4.57 Å². The Morgan fingerprint density at radius 2 is 1.86 bits per heavy atom. The van der Waals surface area contributed by atoms with Crippen molar-refractivity contribution in [2.75, 3.05) is 19.5 Å². The molecule has 0 saturated carbocycles. The summed E-state index contributed by atoms with van der Waals surface area (Å²) in [6.45, 7) is 8.03. The van der Waals surface area contributed by atoms with Crippen molar-refractivity contribution in [3.05, 3.63) is 51.3 Å². The molecule has 3 aromatic rings. The lowest BCUT2D eigenvalue weighted by atomic mass is 10.0. The predicted molar refractivity (Wildman–Crippen MR) is 129 cm³/mol. The van der Waals surface area contributed by atoms with Gasteiger partial charge in [0.15, 0.2) is 23.1 Å². The van der Waals surface area contributed by atoms with Crippen LogP contribution in [0.3, 0.4) is 0 Å². The van der Waals surface area contributed by atoms with E-state index in [0.29, 0.717) is 5.56 Å². The Kier molecular flexibility index (Phi) is 7.17. The van der Waals surface area contributed by atoms with E-state index in [1.165, 1.54) is 13.2 Å². The summed E-state index contributed by atoms with van der Waals surface area (Å²) < 4.78 is 47.8. The van der Waals surface area contributed by atoms with E-state index < -0.39 is 45.6 Å². The molecule has 0 unspecified atom stereocenters. The van der Waals surface area contributed by atoms with Crippen molar-refractivity contribution in [3.8, 4) is 17.2 Å². The van der Waals surface area contributed by atoms with Crippen LogP contribution in [0.25, 0.3) is 16.6 Å². The second-order valence-corrected chi connectivity index (χ2v) is 8.76. The van der Waals surface area contributed by atoms with Crippen LogP contribution >= 0.6 is 0 Å². The largest absolute Gasteiger partial charge is 0.495 e. The number of esters is 1. The average Bonchev–Trinajstić information content (AvgIpc) is 2.80. The first kappa shape index (κ1) is 26.4. The molecular weight excluding hydrogens is 476 g/mol. The number of hydrogen-bond donors (Lipinski definition) is 1. The van der Waals surface area contributed by atoms with Crippen LogP contribution in [0.5, 0.6) is 11.5 Å². The number of anilines is 1. The highest BCUT2D eigenvalue weighted by molar-refractivity contribution is 5.97. The molecule has 0 aliphatic heterocycles. The minimum absolute atomic E-state index is 0.0208. The van der Waals surface area contributed by atoms with Gasteiger partial charge >= 0.3 is 5.97 Å². The highest BCUT2D eigenvalue weighted by atomic mass is 19.1. The van der Waals surface area contributed by atoms with Crippen molar-refractivity contribution in [1.29, 1.82) is 0 Å². The Labute approximate surface area is 205 Å². The summed E-state index contributed by atoms with van der Waals surface area (Å²) in [5.41, 5.74) is 3.40. The number of aromatic nitrogens is 1. The molecule has 0 aliphatic rings. The lowest BCUT2D eigenvalue weighted by Crippen LogP contribution is -2.24. The number of fused-ring (bicyclic) bond motifs is 1. The smallest absolute Gasteiger partial charge is 0.343 e. The standard InChI is InChI=1S/C25H25F2N3O6/c1-7-35-24(33)14-10-30(22-12(2)20(28)17(34-6)8-13(22)23(14)32)15-9-16(36-25(3,4)5)19(27)21(18(15)26)29-11-31/h8-10H,7,28H2,1-6H3. The van der Waals surface area contributed by atoms with Crippen molar-refractivity contribution in [2.45, 2.75) is 40.2 Å². The molecular formula is C25H25F2N3O6. The first-order chi connectivity index (χ1) is 16.9. The normalized spacial score (nSPS) is 11.2. The molecule has 2 aromatic carbocycles. The lowest BCUT2D eigenvalue weighted by molar-refractivity contribution is 0.0524. The zero-order chi connectivity index (χ0) is 26.9. The highest BCUT2D eigenvalue weighted by Gasteiger charge is 2.27. The number of ether oxygens (including phenoxy) is 3. The van der Waals surface area contributed by atoms with Gasteiger partial charge in [-0.2, -0.15) is 4.99 Å². The zero-order valence-electron chi connectivity index (χ0n) is 20.6. The Balaban J connectivity index is 2.58. The van der Waals surface area contributed by atoms with Gasteiger partial charge in [0.05, 0.1) is 36.0 Å². The molecule has 11 heteroatoms. The van der Waals surface area contributed by atoms with Crippen molar-refractivity contribution < 1.29 is 32.6 Å². The summed E-state index contributed by atoms with van der Waals surface area (Å²) in [4.78, 5) is 40.0. The monoisotopic (exact) mass is 501 g/mol. The second kappa shape index (κ2) is 9.79. The van der Waals surface area contributed by atoms with Crippen molar-refractivity contribution in [3.63, 3.8) is 0 Å². The first-order valence-corrected chi connectivity index (χ1v) is 10.8. The quantitative estimate of drug-likeness (QED) is 0.229. The molecule has 1 heterocycles. The van der Waals surface area contributed by atoms with E-state index in [4.69, 9.17) is 19.9 Å². The molecule has 1 aromatic heterocycles. The van der Waals surface area contributed by atoms with Gasteiger partial charge in [0.2, 0.25) is 11.5 Å². The fourth-order valence-corrected chi connectivity index (χ4v) is 3.69. The molecule has 36 heavy (non-hydrogen) atoms. The van der Waals surface area contributed by atoms with Gasteiger partial charge < -0.3 is 24.5 Å². The van der Waals surface area contributed by atoms with Crippen LogP contribution in [0.15, 0.2) is 28.1 Å². The Morgan fingerprint density at radius 3 is 2.42 bits per heavy atom. The van der Waals surface area contributed by atoms with Gasteiger partial charge in [0.25, 0.3) is 0 Å². The number of halogens is 2. The zero-order valence-corrected chi connectivity index (χ0v) is 20.6. The molecule has 9 nitrogen and oxygen atoms in total. The van der Waals surface area contributed by atoms with E-state index in [1.54, 1.807) is 34.6 Å². The van der Waals surface area contributed by atoms with Crippen LogP contribution < -0.4 is 20.6 Å². The summed E-state index contributed by atoms with van der Waals surface area (Å²) in [6, 6.07) is 2.36. The van der Waals surface area contributed by atoms with Gasteiger partial charge in [0.1, 0.15) is 16.9 Å². The number of rotatable bonds is 6. The van der Waals surface area contributed by atoms with Crippen LogP contribution in [0, 0.1) is 18.6 Å². The van der Waals surface area contributed by atoms with Crippen molar-refractivity contribution >= 4 is 34.3 Å². The topological polar surface area (TPSA) is 122 Å². The van der Waals surface area contributed by atoms with Gasteiger partial charge in [0, 0.05) is 17.8 Å². The SMILES string of the molecule is CCOC(=O)c1cn(-c2cc(OC(C)(C)C)c(F)c(N=C=O)c2F)c2c(C)c(N)c(OC)cc2c1=O. The number of hydrogen-bond acceptors (Lipinski definition) is 8. The van der Waals surface area contributed by atoms with Crippen LogP contribution in [-0.4, -0.2) is 35.9 Å². The highest BCUT2D eigenvalue weighted by Crippen LogP contribution is 2.39. The number of aliphatic imine (C=N–C) groups is 1. The number of benzene rings is 2. The Morgan fingerprint density at radius 1 is 1.19 bits per heavy atom. The second-order valence-electron chi connectivity index (χ2n) is 8.76. The van der Waals surface area contributed by atoms with E-state index in [9.17, 15) is 14.4 Å². The van der Waals surface area contributed by atoms with Gasteiger partial charge in [-0.1, -0.05) is 0 Å². The lowest BCUT2D eigenvalue weighted by Gasteiger charge is -2.24. The summed E-state index contributed by atoms with van der Waals surface area (Å²) in [5, 5.41) is -0.0356. The molecule has 0 saturated heterocycles. The van der Waals surface area contributed by atoms with E-state index in [2.05, 4.69) is 4.99 Å². The summed E-state index contributed by atoms with van der Waals surface area (Å²) >= 11 is 0. The molecule has 0 aliphatic carbocycles. The molecule has 0 amide bonds. The minimum atomic E-state index is -1.26. The Hall–Kier alpha value is -4.24. The third-order valence-corrected chi connectivity index (χ3v) is 5.22. The maximum absolute atomic E-state index is 15.7. The number of aryl methyl sites for hydroxylation is 1. The number of nitrogen functional groups attached to an aromatic ring is 1. The predicted octanol–water partition coefficient (Wildman–Crippen LogP) is 4.49. The first-order valence-electron chi connectivity index (χ1n) is 10.8. The maximum atomic E-state index is 15.7. The average molecular weight is 501 g/mol. The number of nitrogens with two attached hydrogens (primary N) is 1. The number of pyridine rings is 1. The third kappa shape index (κ3) is 4.65. The molecule has 0 atom stereocenters. The number of nitrogens with zero attached hydrogens (tertiary/aromatic N) is 2. The van der Waals surface area contributed by atoms with E-state index in [1.807, 2.05) is 0 Å². The van der Waals surface area contributed by atoms with Crippen LogP contribution in [0.1, 0.15) is 43.6 Å². The molecule has 0 spiro atoms. The summed E-state index contributed by atoms with van der Waals surface area (Å²) in [7, 11) is 1.35. The van der Waals surface area contributed by atoms with Crippen LogP contribution in [-0.2, 0) is 9.53 Å². The fraction of sp³-hybridized carbons (Fsp3) is 0.320. The number of carbonyl (C=O) groups is 1. The van der Waals surface area contributed by atoms with Gasteiger partial charge in [-0.15, -0.1) is 0 Å². The van der Waals surface area contributed by atoms with E-state index >= 15 is 8.78 Å². The Bertz CT molecular complexity index is 1480. The van der Waals surface area contributed by atoms with Gasteiger partial charge in [-0.3, -0.25) is 4.79 Å². The molecule has 0 fully saturated rings. The van der Waals surface area contributed by atoms with Crippen LogP contribution in [0.4, 0.5) is 20.2 Å². The third-order valence-electron chi connectivity index (χ3n) is 5.22. The minimum Gasteiger partial charge on any atom is -0.495 e. The molecule has 2 N–H and O–H groups in total. The number of methoxy groups -OCH3 is 1. The van der Waals surface area contributed by atoms with E-state index in [-0.39, 0.29) is 34.6 Å². The number of carbonyl (C=O) groups excluding carboxylic acids is 2. The van der Waals surface area contributed by atoms with Crippen LogP contribution in [0.2, 0.25) is 0 Å². The molecule has 0 bridgehead atoms. The maximum Gasteiger partial charge on any atom is 0.343 e. The molecule has 0 radical (unpaired) electrons. The summed E-state index contributed by atoms with van der Waals surface area (Å²) in [6.07, 6.45) is 2.19. The molecule has 190 valence electrons. The summed E-state index contributed by atoms with van der Waals surface area (Å²) in [5.74, 6) is -3.69. The number of isocyanates is 1. The fourth-order valence-electron chi connectivity index (χ4n) is 3.69. The van der Waals surface area contributed by atoms with Gasteiger partial charge in [-0.25, -0.2) is 18.4 Å². The van der Waals surface area contributed by atoms with Gasteiger partial charge in [-0.05, 0) is 40.7 Å². The van der Waals surface area contributed by atoms with E-state index in [0.717, 1.165) is 22.9 Å². The van der Waals surface area contributed by atoms with Crippen molar-refractivity contribution in [2.24, 2.45) is 4.99 Å². The molecule has 3 rings (SSSR count).